The minimum absolute atomic E-state index is 0.151. The molecule has 2 aromatic carbocycles. The standard InChI is InChI=1S/C16H19NO2/c1-16(18,12-17)14-9-5-6-10-15(14)19-11-13-7-3-2-4-8-13/h2-10,18H,11-12,17H2,1H3. The third-order valence-electron chi connectivity index (χ3n) is 3.10. The molecule has 0 aliphatic rings. The zero-order valence-electron chi connectivity index (χ0n) is 11.0. The number of hydrogen-bond acceptors (Lipinski definition) is 3. The van der Waals surface area contributed by atoms with Crippen LogP contribution in [0.3, 0.4) is 0 Å². The van der Waals surface area contributed by atoms with Gasteiger partial charge in [0.2, 0.25) is 0 Å². The van der Waals surface area contributed by atoms with Crippen molar-refractivity contribution in [1.82, 2.24) is 0 Å². The smallest absolute Gasteiger partial charge is 0.125 e. The summed E-state index contributed by atoms with van der Waals surface area (Å²) >= 11 is 0. The first kappa shape index (κ1) is 13.6. The van der Waals surface area contributed by atoms with Crippen LogP contribution in [-0.4, -0.2) is 11.7 Å². The summed E-state index contributed by atoms with van der Waals surface area (Å²) < 4.78 is 5.80. The predicted molar refractivity (Wildman–Crippen MR) is 75.8 cm³/mol. The average molecular weight is 257 g/mol. The van der Waals surface area contributed by atoms with Gasteiger partial charge in [-0.05, 0) is 18.6 Å². The zero-order chi connectivity index (χ0) is 13.7. The topological polar surface area (TPSA) is 55.5 Å². The number of rotatable bonds is 5. The Morgan fingerprint density at radius 1 is 1.05 bits per heavy atom. The number of aliphatic hydroxyl groups is 1. The van der Waals surface area contributed by atoms with Crippen LogP contribution in [0, 0.1) is 0 Å². The first-order valence-corrected chi connectivity index (χ1v) is 6.32. The van der Waals surface area contributed by atoms with Crippen LogP contribution in [0.4, 0.5) is 0 Å². The maximum absolute atomic E-state index is 10.3. The lowest BCUT2D eigenvalue weighted by molar-refractivity contribution is 0.0629. The summed E-state index contributed by atoms with van der Waals surface area (Å²) in [6.07, 6.45) is 0. The van der Waals surface area contributed by atoms with Gasteiger partial charge in [-0.1, -0.05) is 48.5 Å². The van der Waals surface area contributed by atoms with Crippen molar-refractivity contribution >= 4 is 0 Å². The first-order valence-electron chi connectivity index (χ1n) is 6.32. The second-order valence-corrected chi connectivity index (χ2v) is 4.75. The second kappa shape index (κ2) is 5.87. The third kappa shape index (κ3) is 3.34. The fourth-order valence-electron chi connectivity index (χ4n) is 1.88. The van der Waals surface area contributed by atoms with Crippen LogP contribution in [-0.2, 0) is 12.2 Å². The highest BCUT2D eigenvalue weighted by atomic mass is 16.5. The molecule has 3 heteroatoms. The molecule has 0 spiro atoms. The molecule has 100 valence electrons. The van der Waals surface area contributed by atoms with E-state index in [1.807, 2.05) is 54.6 Å². The monoisotopic (exact) mass is 257 g/mol. The molecule has 0 aliphatic carbocycles. The zero-order valence-corrected chi connectivity index (χ0v) is 11.0. The Hall–Kier alpha value is -1.84. The van der Waals surface area contributed by atoms with Crippen molar-refractivity contribution in [3.63, 3.8) is 0 Å². The Labute approximate surface area is 113 Å². The van der Waals surface area contributed by atoms with Crippen molar-refractivity contribution in [1.29, 1.82) is 0 Å². The van der Waals surface area contributed by atoms with Gasteiger partial charge in [0.15, 0.2) is 0 Å². The lowest BCUT2D eigenvalue weighted by Gasteiger charge is -2.24. The molecule has 0 saturated carbocycles. The van der Waals surface area contributed by atoms with E-state index in [2.05, 4.69) is 0 Å². The summed E-state index contributed by atoms with van der Waals surface area (Å²) in [5, 5.41) is 10.3. The van der Waals surface area contributed by atoms with Gasteiger partial charge < -0.3 is 15.6 Å². The molecule has 19 heavy (non-hydrogen) atoms. The van der Waals surface area contributed by atoms with E-state index in [1.54, 1.807) is 6.92 Å². The largest absolute Gasteiger partial charge is 0.489 e. The quantitative estimate of drug-likeness (QED) is 0.865. The molecule has 0 aromatic heterocycles. The molecule has 0 amide bonds. The maximum Gasteiger partial charge on any atom is 0.125 e. The molecule has 0 fully saturated rings. The Morgan fingerprint density at radius 3 is 2.37 bits per heavy atom. The molecule has 2 aromatic rings. The van der Waals surface area contributed by atoms with E-state index < -0.39 is 5.60 Å². The number of benzene rings is 2. The van der Waals surface area contributed by atoms with Gasteiger partial charge in [0.1, 0.15) is 18.0 Å². The lowest BCUT2D eigenvalue weighted by atomic mass is 9.95. The van der Waals surface area contributed by atoms with Crippen LogP contribution >= 0.6 is 0 Å². The summed E-state index contributed by atoms with van der Waals surface area (Å²) in [6, 6.07) is 17.4. The second-order valence-electron chi connectivity index (χ2n) is 4.75. The summed E-state index contributed by atoms with van der Waals surface area (Å²) in [4.78, 5) is 0. The van der Waals surface area contributed by atoms with Crippen molar-refractivity contribution < 1.29 is 9.84 Å². The number of nitrogens with two attached hydrogens (primary N) is 1. The molecule has 0 radical (unpaired) electrons. The summed E-state index contributed by atoms with van der Waals surface area (Å²) in [5.41, 5.74) is 6.34. The normalized spacial score (nSPS) is 13.8. The Bertz CT molecular complexity index is 523. The van der Waals surface area contributed by atoms with Crippen molar-refractivity contribution in [2.24, 2.45) is 5.73 Å². The average Bonchev–Trinajstić information content (AvgIpc) is 2.46. The maximum atomic E-state index is 10.3. The van der Waals surface area contributed by atoms with Crippen molar-refractivity contribution in [3.05, 3.63) is 65.7 Å². The number of para-hydroxylation sites is 1. The lowest BCUT2D eigenvalue weighted by Crippen LogP contribution is -2.31. The molecule has 0 bridgehead atoms. The van der Waals surface area contributed by atoms with Crippen LogP contribution < -0.4 is 10.5 Å². The Kier molecular flexibility index (Phi) is 4.20. The van der Waals surface area contributed by atoms with Crippen molar-refractivity contribution in [2.75, 3.05) is 6.54 Å². The molecule has 0 saturated heterocycles. The fourth-order valence-corrected chi connectivity index (χ4v) is 1.88. The minimum atomic E-state index is -1.08. The molecule has 1 unspecified atom stereocenters. The van der Waals surface area contributed by atoms with E-state index in [4.69, 9.17) is 10.5 Å². The van der Waals surface area contributed by atoms with E-state index in [9.17, 15) is 5.11 Å². The van der Waals surface area contributed by atoms with Crippen molar-refractivity contribution in [2.45, 2.75) is 19.1 Å². The van der Waals surface area contributed by atoms with Crippen LogP contribution in [0.1, 0.15) is 18.1 Å². The van der Waals surface area contributed by atoms with Gasteiger partial charge >= 0.3 is 0 Å². The van der Waals surface area contributed by atoms with Gasteiger partial charge in [0.05, 0.1) is 0 Å². The SMILES string of the molecule is CC(O)(CN)c1ccccc1OCc1ccccc1. The molecule has 0 heterocycles. The number of hydrogen-bond donors (Lipinski definition) is 2. The Balaban J connectivity index is 2.17. The van der Waals surface area contributed by atoms with E-state index >= 15 is 0 Å². The molecule has 0 aliphatic heterocycles. The van der Waals surface area contributed by atoms with Crippen LogP contribution in [0.15, 0.2) is 54.6 Å². The van der Waals surface area contributed by atoms with Crippen LogP contribution in [0.2, 0.25) is 0 Å². The third-order valence-corrected chi connectivity index (χ3v) is 3.10. The van der Waals surface area contributed by atoms with Gasteiger partial charge in [0, 0.05) is 12.1 Å². The highest BCUT2D eigenvalue weighted by Crippen LogP contribution is 2.29. The van der Waals surface area contributed by atoms with Gasteiger partial charge in [-0.2, -0.15) is 0 Å². The van der Waals surface area contributed by atoms with Gasteiger partial charge in [0.25, 0.3) is 0 Å². The highest BCUT2D eigenvalue weighted by Gasteiger charge is 2.24. The van der Waals surface area contributed by atoms with E-state index in [0.717, 1.165) is 5.56 Å². The predicted octanol–water partition coefficient (Wildman–Crippen LogP) is 2.43. The summed E-state index contributed by atoms with van der Waals surface area (Å²) in [7, 11) is 0. The molecule has 2 rings (SSSR count). The molecule has 1 atom stereocenters. The van der Waals surface area contributed by atoms with Crippen LogP contribution in [0.5, 0.6) is 5.75 Å². The summed E-state index contributed by atoms with van der Waals surface area (Å²) in [5.74, 6) is 0.668. The Morgan fingerprint density at radius 2 is 1.68 bits per heavy atom. The molecule has 3 N–H and O–H groups in total. The molecule has 3 nitrogen and oxygen atoms in total. The van der Waals surface area contributed by atoms with Gasteiger partial charge in [-0.3, -0.25) is 0 Å². The molecular weight excluding hydrogens is 238 g/mol. The van der Waals surface area contributed by atoms with Crippen molar-refractivity contribution in [3.8, 4) is 5.75 Å². The molecular formula is C16H19NO2. The van der Waals surface area contributed by atoms with E-state index in [-0.39, 0.29) is 6.54 Å². The number of ether oxygens (including phenoxy) is 1. The van der Waals surface area contributed by atoms with E-state index in [0.29, 0.717) is 17.9 Å². The minimum Gasteiger partial charge on any atom is -0.489 e. The fraction of sp³-hybridized carbons (Fsp3) is 0.250. The highest BCUT2D eigenvalue weighted by molar-refractivity contribution is 5.38. The van der Waals surface area contributed by atoms with E-state index in [1.165, 1.54) is 0 Å². The van der Waals surface area contributed by atoms with Gasteiger partial charge in [-0.15, -0.1) is 0 Å². The van der Waals surface area contributed by atoms with Gasteiger partial charge in [-0.25, -0.2) is 0 Å². The first-order chi connectivity index (χ1) is 9.13. The summed E-state index contributed by atoms with van der Waals surface area (Å²) in [6.45, 7) is 2.31. The van der Waals surface area contributed by atoms with Crippen LogP contribution in [0.25, 0.3) is 0 Å².